The lowest BCUT2D eigenvalue weighted by molar-refractivity contribution is 0.300. The Bertz CT molecular complexity index is 409. The van der Waals surface area contributed by atoms with Crippen molar-refractivity contribution >= 4 is 0 Å². The molecule has 2 aliphatic rings. The lowest BCUT2D eigenvalue weighted by Gasteiger charge is -2.29. The summed E-state index contributed by atoms with van der Waals surface area (Å²) < 4.78 is 5.41. The molecular weight excluding hydrogens is 222 g/mol. The number of furan rings is 1. The summed E-state index contributed by atoms with van der Waals surface area (Å²) in [6.45, 7) is 4.60. The van der Waals surface area contributed by atoms with Crippen LogP contribution in [0.25, 0.3) is 0 Å². The SMILES string of the molecule is CC(Cc1ccco1)NC(C)C1CC2C=CC1C2. The Morgan fingerprint density at radius 2 is 2.22 bits per heavy atom. The zero-order valence-corrected chi connectivity index (χ0v) is 11.3. The highest BCUT2D eigenvalue weighted by molar-refractivity contribution is 5.12. The lowest BCUT2D eigenvalue weighted by Crippen LogP contribution is -2.41. The Balaban J connectivity index is 1.51. The Labute approximate surface area is 109 Å². The Kier molecular flexibility index (Phi) is 3.29. The minimum Gasteiger partial charge on any atom is -0.469 e. The fourth-order valence-corrected chi connectivity index (χ4v) is 3.76. The van der Waals surface area contributed by atoms with Crippen molar-refractivity contribution in [3.63, 3.8) is 0 Å². The van der Waals surface area contributed by atoms with E-state index >= 15 is 0 Å². The van der Waals surface area contributed by atoms with Crippen LogP contribution in [0.2, 0.25) is 0 Å². The number of rotatable bonds is 5. The molecule has 1 saturated carbocycles. The standard InChI is InChI=1S/C16H23NO/c1-11(8-15-4-3-7-18-15)17-12(2)16-10-13-5-6-14(16)9-13/h3-7,11-14,16-17H,8-10H2,1-2H3. The first kappa shape index (κ1) is 12.0. The van der Waals surface area contributed by atoms with E-state index in [2.05, 4.69) is 37.4 Å². The molecule has 0 spiro atoms. The second-order valence-corrected chi connectivity index (χ2v) is 6.08. The van der Waals surface area contributed by atoms with Gasteiger partial charge in [0.1, 0.15) is 5.76 Å². The molecule has 0 amide bonds. The van der Waals surface area contributed by atoms with E-state index in [1.807, 2.05) is 6.07 Å². The van der Waals surface area contributed by atoms with Gasteiger partial charge in [0.25, 0.3) is 0 Å². The van der Waals surface area contributed by atoms with Crippen LogP contribution in [-0.4, -0.2) is 12.1 Å². The van der Waals surface area contributed by atoms with Gasteiger partial charge in [-0.3, -0.25) is 0 Å². The molecule has 5 atom stereocenters. The molecule has 3 rings (SSSR count). The van der Waals surface area contributed by atoms with Gasteiger partial charge in [0.2, 0.25) is 0 Å². The molecule has 1 aromatic rings. The van der Waals surface area contributed by atoms with Crippen molar-refractivity contribution in [1.29, 1.82) is 0 Å². The van der Waals surface area contributed by atoms with E-state index in [0.717, 1.165) is 29.9 Å². The maximum absolute atomic E-state index is 5.41. The van der Waals surface area contributed by atoms with E-state index in [4.69, 9.17) is 4.42 Å². The molecule has 2 bridgehead atoms. The minimum atomic E-state index is 0.481. The van der Waals surface area contributed by atoms with Crippen LogP contribution in [0, 0.1) is 17.8 Å². The van der Waals surface area contributed by atoms with Gasteiger partial charge in [0.15, 0.2) is 0 Å². The Morgan fingerprint density at radius 1 is 1.33 bits per heavy atom. The van der Waals surface area contributed by atoms with Gasteiger partial charge in [0.05, 0.1) is 6.26 Å². The molecule has 2 nitrogen and oxygen atoms in total. The predicted molar refractivity (Wildman–Crippen MR) is 73.3 cm³/mol. The van der Waals surface area contributed by atoms with E-state index < -0.39 is 0 Å². The largest absolute Gasteiger partial charge is 0.469 e. The minimum absolute atomic E-state index is 0.481. The highest BCUT2D eigenvalue weighted by Crippen LogP contribution is 2.44. The summed E-state index contributed by atoms with van der Waals surface area (Å²) >= 11 is 0. The van der Waals surface area contributed by atoms with Crippen LogP contribution < -0.4 is 5.32 Å². The fraction of sp³-hybridized carbons (Fsp3) is 0.625. The number of hydrogen-bond donors (Lipinski definition) is 1. The molecule has 2 heteroatoms. The summed E-state index contributed by atoms with van der Waals surface area (Å²) in [5, 5.41) is 3.75. The van der Waals surface area contributed by atoms with E-state index in [-0.39, 0.29) is 0 Å². The molecule has 1 fully saturated rings. The maximum atomic E-state index is 5.41. The molecule has 18 heavy (non-hydrogen) atoms. The molecule has 0 aliphatic heterocycles. The van der Waals surface area contributed by atoms with Crippen LogP contribution in [-0.2, 0) is 6.42 Å². The second kappa shape index (κ2) is 4.93. The third-order valence-corrected chi connectivity index (χ3v) is 4.61. The third kappa shape index (κ3) is 2.39. The van der Waals surface area contributed by atoms with Gasteiger partial charge >= 0.3 is 0 Å². The highest BCUT2D eigenvalue weighted by Gasteiger charge is 2.38. The van der Waals surface area contributed by atoms with Gasteiger partial charge < -0.3 is 9.73 Å². The number of hydrogen-bond acceptors (Lipinski definition) is 2. The van der Waals surface area contributed by atoms with Crippen molar-refractivity contribution in [2.24, 2.45) is 17.8 Å². The number of fused-ring (bicyclic) bond motifs is 2. The summed E-state index contributed by atoms with van der Waals surface area (Å²) in [6.07, 6.45) is 10.4. The highest BCUT2D eigenvalue weighted by atomic mass is 16.3. The number of allylic oxidation sites excluding steroid dienone is 2. The van der Waals surface area contributed by atoms with Gasteiger partial charge in [-0.05, 0) is 56.6 Å². The van der Waals surface area contributed by atoms with Crippen LogP contribution in [0.3, 0.4) is 0 Å². The smallest absolute Gasteiger partial charge is 0.105 e. The molecule has 1 N–H and O–H groups in total. The normalized spacial score (nSPS) is 32.9. The summed E-state index contributed by atoms with van der Waals surface area (Å²) in [7, 11) is 0. The average Bonchev–Trinajstić information content (AvgIpc) is 3.04. The number of nitrogens with one attached hydrogen (secondary N) is 1. The van der Waals surface area contributed by atoms with E-state index in [1.165, 1.54) is 12.8 Å². The van der Waals surface area contributed by atoms with Crippen LogP contribution in [0.4, 0.5) is 0 Å². The van der Waals surface area contributed by atoms with Crippen LogP contribution >= 0.6 is 0 Å². The molecule has 0 aromatic carbocycles. The van der Waals surface area contributed by atoms with Gasteiger partial charge in [-0.15, -0.1) is 0 Å². The second-order valence-electron chi connectivity index (χ2n) is 6.08. The predicted octanol–water partition coefficient (Wildman–Crippen LogP) is 3.40. The van der Waals surface area contributed by atoms with Gasteiger partial charge in [-0.2, -0.15) is 0 Å². The van der Waals surface area contributed by atoms with Crippen LogP contribution in [0.15, 0.2) is 35.0 Å². The molecule has 98 valence electrons. The maximum Gasteiger partial charge on any atom is 0.105 e. The van der Waals surface area contributed by atoms with E-state index in [9.17, 15) is 0 Å². The first-order valence-electron chi connectivity index (χ1n) is 7.19. The van der Waals surface area contributed by atoms with Crippen molar-refractivity contribution in [2.45, 2.75) is 45.2 Å². The Morgan fingerprint density at radius 3 is 2.83 bits per heavy atom. The molecule has 1 heterocycles. The first-order valence-corrected chi connectivity index (χ1v) is 7.19. The van der Waals surface area contributed by atoms with Crippen molar-refractivity contribution in [1.82, 2.24) is 5.32 Å². The van der Waals surface area contributed by atoms with Gasteiger partial charge in [-0.1, -0.05) is 12.2 Å². The molecular formula is C16H23NO. The molecule has 5 unspecified atom stereocenters. The van der Waals surface area contributed by atoms with Crippen LogP contribution in [0.5, 0.6) is 0 Å². The average molecular weight is 245 g/mol. The van der Waals surface area contributed by atoms with Gasteiger partial charge in [-0.25, -0.2) is 0 Å². The molecule has 2 aliphatic carbocycles. The third-order valence-electron chi connectivity index (χ3n) is 4.61. The van der Waals surface area contributed by atoms with Crippen molar-refractivity contribution in [3.8, 4) is 0 Å². The Hall–Kier alpha value is -1.02. The fourth-order valence-electron chi connectivity index (χ4n) is 3.76. The van der Waals surface area contributed by atoms with Crippen LogP contribution in [0.1, 0.15) is 32.4 Å². The van der Waals surface area contributed by atoms with Crippen molar-refractivity contribution in [3.05, 3.63) is 36.3 Å². The van der Waals surface area contributed by atoms with Crippen molar-refractivity contribution in [2.75, 3.05) is 0 Å². The zero-order chi connectivity index (χ0) is 12.5. The summed E-state index contributed by atoms with van der Waals surface area (Å²) in [6, 6.07) is 5.11. The van der Waals surface area contributed by atoms with Crippen molar-refractivity contribution < 1.29 is 4.42 Å². The summed E-state index contributed by atoms with van der Waals surface area (Å²) in [5.74, 6) is 3.60. The van der Waals surface area contributed by atoms with Gasteiger partial charge in [0, 0.05) is 18.5 Å². The molecule has 0 saturated heterocycles. The quantitative estimate of drug-likeness (QED) is 0.804. The zero-order valence-electron chi connectivity index (χ0n) is 11.3. The monoisotopic (exact) mass is 245 g/mol. The lowest BCUT2D eigenvalue weighted by atomic mass is 9.87. The summed E-state index contributed by atoms with van der Waals surface area (Å²) in [4.78, 5) is 0. The molecule has 1 aromatic heterocycles. The molecule has 0 radical (unpaired) electrons. The topological polar surface area (TPSA) is 25.2 Å². The first-order chi connectivity index (χ1) is 8.72. The van der Waals surface area contributed by atoms with E-state index in [1.54, 1.807) is 6.26 Å². The van der Waals surface area contributed by atoms with E-state index in [0.29, 0.717) is 12.1 Å². The summed E-state index contributed by atoms with van der Waals surface area (Å²) in [5.41, 5.74) is 0.